The molecule has 0 atom stereocenters. The van der Waals surface area contributed by atoms with Crippen LogP contribution in [0.3, 0.4) is 0 Å². The molecule has 0 aromatic heterocycles. The Labute approximate surface area is 338 Å². The van der Waals surface area contributed by atoms with Crippen LogP contribution < -0.4 is 15.2 Å². The maximum Gasteiger partial charge on any atom is 0.296 e. The van der Waals surface area contributed by atoms with Crippen LogP contribution in [0.1, 0.15) is 0 Å². The molecule has 0 unspecified atom stereocenters. The third kappa shape index (κ3) is 8.20. The second-order valence-corrected chi connectivity index (χ2v) is 17.9. The molecular formula is C34H27N5O17S4. The number of hydrogen-bond donors (Lipinski definition) is 8. The quantitative estimate of drug-likeness (QED) is 0.0408. The Bertz CT molecular complexity index is 3340. The first kappa shape index (κ1) is 43.1. The molecule has 0 saturated carbocycles. The van der Waals surface area contributed by atoms with E-state index in [1.165, 1.54) is 44.6 Å². The molecule has 60 heavy (non-hydrogen) atoms. The molecule has 6 rings (SSSR count). The molecular weight excluding hydrogens is 879 g/mol. The second-order valence-electron chi connectivity index (χ2n) is 12.3. The van der Waals surface area contributed by atoms with Gasteiger partial charge in [-0.1, -0.05) is 18.2 Å². The lowest BCUT2D eigenvalue weighted by molar-refractivity contribution is 0.415. The van der Waals surface area contributed by atoms with Gasteiger partial charge in [-0.15, -0.1) is 20.5 Å². The van der Waals surface area contributed by atoms with Gasteiger partial charge in [-0.25, -0.2) is 0 Å². The fourth-order valence-electron chi connectivity index (χ4n) is 5.94. The number of phenols is 3. The number of fused-ring (bicyclic) bond motifs is 2. The fourth-order valence-corrected chi connectivity index (χ4v) is 8.57. The third-order valence-corrected chi connectivity index (χ3v) is 12.2. The number of ether oxygens (including phenoxy) is 2. The van der Waals surface area contributed by atoms with E-state index in [2.05, 4.69) is 20.5 Å². The first-order valence-corrected chi connectivity index (χ1v) is 21.8. The summed E-state index contributed by atoms with van der Waals surface area (Å²) in [6.45, 7) is 0. The summed E-state index contributed by atoms with van der Waals surface area (Å²) >= 11 is 0. The minimum Gasteiger partial charge on any atom is -0.507 e. The largest absolute Gasteiger partial charge is 0.507 e. The summed E-state index contributed by atoms with van der Waals surface area (Å²) < 4.78 is 145. The summed E-state index contributed by atoms with van der Waals surface area (Å²) in [7, 11) is -17.7. The molecule has 0 aliphatic heterocycles. The maximum absolute atomic E-state index is 12.3. The molecule has 0 aliphatic rings. The van der Waals surface area contributed by atoms with E-state index in [-0.39, 0.29) is 28.6 Å². The van der Waals surface area contributed by atoms with Gasteiger partial charge in [0.1, 0.15) is 54.7 Å². The van der Waals surface area contributed by atoms with Crippen LogP contribution in [-0.4, -0.2) is 81.4 Å². The van der Waals surface area contributed by atoms with Gasteiger partial charge in [0.05, 0.1) is 35.6 Å². The molecule has 9 N–H and O–H groups in total. The van der Waals surface area contributed by atoms with Crippen molar-refractivity contribution in [2.24, 2.45) is 20.5 Å². The van der Waals surface area contributed by atoms with Gasteiger partial charge >= 0.3 is 0 Å². The first-order valence-electron chi connectivity index (χ1n) is 16.1. The Morgan fingerprint density at radius 3 is 1.52 bits per heavy atom. The van der Waals surface area contributed by atoms with Crippen LogP contribution in [0.5, 0.6) is 28.7 Å². The van der Waals surface area contributed by atoms with Gasteiger partial charge in [-0.3, -0.25) is 18.2 Å². The molecule has 0 spiro atoms. The normalized spacial score (nSPS) is 12.8. The number of aromatic hydroxyl groups is 3. The molecule has 22 nitrogen and oxygen atoms in total. The van der Waals surface area contributed by atoms with Crippen molar-refractivity contribution in [2.75, 3.05) is 20.0 Å². The SMILES string of the molecule is COc1cc(-c2ccc(N=Nc3c(S(=O)(=O)O)cc4cc(S(=O)(=O)O)cc(O)c4c3O)c(OC)c2)ccc1N=Nc1ccc2c(S(=O)(=O)O)cc(S(=O)(=O)O)c(N)c2c1O. The maximum atomic E-state index is 12.3. The number of azo groups is 2. The van der Waals surface area contributed by atoms with Crippen molar-refractivity contribution in [2.45, 2.75) is 19.6 Å². The van der Waals surface area contributed by atoms with E-state index in [9.17, 15) is 67.2 Å². The Morgan fingerprint density at radius 1 is 0.517 bits per heavy atom. The Kier molecular flexibility index (Phi) is 11.0. The standard InChI is InChI=1S/C34H27N5O17S4/c1-55-24-10-15(3-6-20(24)36-38-22-8-5-19-26(58(46,47)48)14-27(59(49,50)51)31(35)30(19)33(22)41)16-4-7-21(25(11-16)56-2)37-39-32-28(60(52,53)54)12-17-9-18(57(43,44)45)13-23(40)29(17)34(32)42/h3-14,40-42H,35H2,1-2H3,(H,43,44,45)(H,46,47,48)(H,49,50,51)(H,52,53,54). The number of nitrogens with zero attached hydrogens (tertiary/aromatic N) is 4. The molecule has 26 heteroatoms. The van der Waals surface area contributed by atoms with E-state index < -0.39 is 110 Å². The third-order valence-electron chi connectivity index (χ3n) is 8.67. The van der Waals surface area contributed by atoms with Crippen molar-refractivity contribution in [1.29, 1.82) is 0 Å². The lowest BCUT2D eigenvalue weighted by Crippen LogP contribution is -2.08. The van der Waals surface area contributed by atoms with Crippen LogP contribution in [0.2, 0.25) is 0 Å². The van der Waals surface area contributed by atoms with Crippen LogP contribution >= 0.6 is 0 Å². The summed E-state index contributed by atoms with van der Waals surface area (Å²) in [6.07, 6.45) is 0. The molecule has 6 aromatic rings. The number of benzene rings is 6. The van der Waals surface area contributed by atoms with E-state index in [0.717, 1.165) is 18.2 Å². The van der Waals surface area contributed by atoms with Gasteiger partial charge in [0.15, 0.2) is 11.5 Å². The highest BCUT2D eigenvalue weighted by molar-refractivity contribution is 7.87. The zero-order valence-electron chi connectivity index (χ0n) is 30.1. The van der Waals surface area contributed by atoms with Gasteiger partial charge in [0, 0.05) is 11.5 Å². The summed E-state index contributed by atoms with van der Waals surface area (Å²) in [5, 5.41) is 46.3. The number of methoxy groups -OCH3 is 2. The predicted octanol–water partition coefficient (Wildman–Crippen LogP) is 6.19. The van der Waals surface area contributed by atoms with Crippen molar-refractivity contribution in [3.8, 4) is 39.9 Å². The number of phenolic OH excluding ortho intramolecular Hbond substituents is 3. The average molecular weight is 906 g/mol. The Morgan fingerprint density at radius 2 is 1.02 bits per heavy atom. The van der Waals surface area contributed by atoms with Crippen LogP contribution in [0, 0.1) is 0 Å². The summed E-state index contributed by atoms with van der Waals surface area (Å²) in [5.74, 6) is -2.57. The minimum absolute atomic E-state index is 0.0337. The molecule has 0 amide bonds. The van der Waals surface area contributed by atoms with Crippen LogP contribution in [0.15, 0.2) is 113 Å². The van der Waals surface area contributed by atoms with Gasteiger partial charge in [-0.2, -0.15) is 33.7 Å². The van der Waals surface area contributed by atoms with E-state index in [4.69, 9.17) is 15.2 Å². The lowest BCUT2D eigenvalue weighted by atomic mass is 10.0. The van der Waals surface area contributed by atoms with Gasteiger partial charge in [0.2, 0.25) is 0 Å². The van der Waals surface area contributed by atoms with Crippen molar-refractivity contribution < 1.29 is 76.7 Å². The molecule has 0 aliphatic carbocycles. The average Bonchev–Trinajstić information content (AvgIpc) is 3.15. The monoisotopic (exact) mass is 905 g/mol. The highest BCUT2D eigenvalue weighted by Crippen LogP contribution is 2.47. The zero-order valence-corrected chi connectivity index (χ0v) is 33.4. The first-order chi connectivity index (χ1) is 27.8. The van der Waals surface area contributed by atoms with Crippen LogP contribution in [-0.2, 0) is 40.5 Å². The topological polar surface area (TPSA) is 372 Å². The molecule has 0 saturated heterocycles. The van der Waals surface area contributed by atoms with E-state index in [1.54, 1.807) is 6.07 Å². The van der Waals surface area contributed by atoms with Crippen molar-refractivity contribution in [1.82, 2.24) is 0 Å². The number of hydrogen-bond acceptors (Lipinski definition) is 18. The molecule has 0 fully saturated rings. The van der Waals surface area contributed by atoms with Gasteiger partial charge in [-0.05, 0) is 65.0 Å². The summed E-state index contributed by atoms with van der Waals surface area (Å²) in [6, 6.07) is 13.6. The highest BCUT2D eigenvalue weighted by Gasteiger charge is 2.28. The number of rotatable bonds is 11. The predicted molar refractivity (Wildman–Crippen MR) is 210 cm³/mol. The molecule has 314 valence electrons. The Balaban J connectivity index is 1.36. The molecule has 0 bridgehead atoms. The van der Waals surface area contributed by atoms with Gasteiger partial charge in [0.25, 0.3) is 40.5 Å². The van der Waals surface area contributed by atoms with E-state index in [1.807, 2.05) is 0 Å². The van der Waals surface area contributed by atoms with E-state index >= 15 is 0 Å². The Hall–Kier alpha value is -6.52. The highest BCUT2D eigenvalue weighted by atomic mass is 32.2. The lowest BCUT2D eigenvalue weighted by Gasteiger charge is -2.13. The van der Waals surface area contributed by atoms with Crippen molar-refractivity contribution >= 4 is 90.5 Å². The van der Waals surface area contributed by atoms with Crippen LogP contribution in [0.25, 0.3) is 32.7 Å². The number of nitrogen functional groups attached to an aromatic ring is 1. The van der Waals surface area contributed by atoms with Crippen molar-refractivity contribution in [3.63, 3.8) is 0 Å². The number of nitrogens with two attached hydrogens (primary N) is 1. The van der Waals surface area contributed by atoms with Crippen LogP contribution in [0.4, 0.5) is 28.4 Å². The second kappa shape index (κ2) is 15.3. The van der Waals surface area contributed by atoms with Gasteiger partial charge < -0.3 is 30.5 Å². The molecule has 0 heterocycles. The van der Waals surface area contributed by atoms with Crippen molar-refractivity contribution in [3.05, 3.63) is 72.8 Å². The fraction of sp³-hybridized carbons (Fsp3) is 0.0588. The van der Waals surface area contributed by atoms with E-state index in [0.29, 0.717) is 29.3 Å². The summed E-state index contributed by atoms with van der Waals surface area (Å²) in [4.78, 5) is -3.94. The molecule has 6 aromatic carbocycles. The zero-order chi connectivity index (χ0) is 44.3. The minimum atomic E-state index is -5.17. The number of anilines is 1. The molecule has 0 radical (unpaired) electrons. The smallest absolute Gasteiger partial charge is 0.296 e. The summed E-state index contributed by atoms with van der Waals surface area (Å²) in [5.41, 5.74) is 4.99.